The summed E-state index contributed by atoms with van der Waals surface area (Å²) >= 11 is 1.42. The minimum atomic E-state index is -0.931. The van der Waals surface area contributed by atoms with E-state index in [1.54, 1.807) is 12.1 Å². The number of carbonyl (C=O) groups is 2. The SMILES string of the molecule is O=C(NCCCCNCC(O)c1ccc(O)c2[nH]c(=O)ccc12)c1ccc(CNC2(C(=O)OCC3CCN(Cc4ccccc4)CC3)CCc3ccccc32)s1. The molecule has 3 heterocycles. The molecule has 3 aromatic carbocycles. The highest BCUT2D eigenvalue weighted by Gasteiger charge is 2.46. The minimum absolute atomic E-state index is 0.0445. The molecule has 56 heavy (non-hydrogen) atoms. The lowest BCUT2D eigenvalue weighted by Gasteiger charge is -2.33. The molecule has 11 nitrogen and oxygen atoms in total. The molecule has 2 unspecified atom stereocenters. The van der Waals surface area contributed by atoms with Crippen LogP contribution in [-0.4, -0.2) is 71.3 Å². The van der Waals surface area contributed by atoms with Crippen LogP contribution in [0.5, 0.6) is 5.75 Å². The first-order valence-corrected chi connectivity index (χ1v) is 20.5. The Morgan fingerprint density at radius 2 is 1.73 bits per heavy atom. The molecule has 0 saturated carbocycles. The first kappa shape index (κ1) is 39.4. The van der Waals surface area contributed by atoms with E-state index in [0.717, 1.165) is 67.7 Å². The van der Waals surface area contributed by atoms with Gasteiger partial charge in [-0.1, -0.05) is 60.7 Å². The van der Waals surface area contributed by atoms with E-state index in [-0.39, 0.29) is 23.2 Å². The highest BCUT2D eigenvalue weighted by Crippen LogP contribution is 2.39. The van der Waals surface area contributed by atoms with Crippen molar-refractivity contribution in [2.24, 2.45) is 5.92 Å². The van der Waals surface area contributed by atoms with Crippen LogP contribution in [0.4, 0.5) is 0 Å². The number of esters is 1. The van der Waals surface area contributed by atoms with E-state index in [9.17, 15) is 24.6 Å². The van der Waals surface area contributed by atoms with Gasteiger partial charge in [0, 0.05) is 42.5 Å². The van der Waals surface area contributed by atoms with Crippen LogP contribution in [0.25, 0.3) is 10.9 Å². The van der Waals surface area contributed by atoms with E-state index in [0.29, 0.717) is 66.5 Å². The van der Waals surface area contributed by atoms with Crippen LogP contribution in [-0.2, 0) is 34.6 Å². The molecule has 7 rings (SSSR count). The third-order valence-electron chi connectivity index (χ3n) is 11.1. The maximum atomic E-state index is 14.0. The number of piperidine rings is 1. The van der Waals surface area contributed by atoms with Gasteiger partial charge in [0.1, 0.15) is 11.3 Å². The fourth-order valence-corrected chi connectivity index (χ4v) is 8.81. The van der Waals surface area contributed by atoms with Crippen molar-refractivity contribution in [2.45, 2.75) is 63.3 Å². The number of ether oxygens (including phenoxy) is 1. The molecule has 1 aliphatic carbocycles. The quantitative estimate of drug-likeness (QED) is 0.0530. The molecule has 294 valence electrons. The van der Waals surface area contributed by atoms with Gasteiger partial charge in [-0.15, -0.1) is 11.3 Å². The molecule has 1 saturated heterocycles. The lowest BCUT2D eigenvalue weighted by molar-refractivity contribution is -0.154. The first-order chi connectivity index (χ1) is 27.3. The highest BCUT2D eigenvalue weighted by molar-refractivity contribution is 7.14. The van der Waals surface area contributed by atoms with Gasteiger partial charge in [-0.2, -0.15) is 0 Å². The van der Waals surface area contributed by atoms with Gasteiger partial charge in [0.15, 0.2) is 0 Å². The number of aliphatic hydroxyl groups is 1. The van der Waals surface area contributed by atoms with Gasteiger partial charge in [0.25, 0.3) is 5.91 Å². The number of fused-ring (bicyclic) bond motifs is 2. The summed E-state index contributed by atoms with van der Waals surface area (Å²) in [6.45, 7) is 5.26. The Labute approximate surface area is 331 Å². The zero-order valence-electron chi connectivity index (χ0n) is 31.6. The number of phenols is 1. The van der Waals surface area contributed by atoms with E-state index < -0.39 is 11.6 Å². The largest absolute Gasteiger partial charge is 0.506 e. The third-order valence-corrected chi connectivity index (χ3v) is 12.2. The fourth-order valence-electron chi connectivity index (χ4n) is 7.94. The molecule has 6 N–H and O–H groups in total. The number of rotatable bonds is 17. The number of aromatic hydroxyl groups is 1. The normalized spacial score (nSPS) is 17.8. The van der Waals surface area contributed by atoms with Gasteiger partial charge in [0.2, 0.25) is 5.56 Å². The van der Waals surface area contributed by atoms with Crippen LogP contribution < -0.4 is 21.5 Å². The second-order valence-corrected chi connectivity index (χ2v) is 16.1. The van der Waals surface area contributed by atoms with Crippen molar-refractivity contribution in [3.05, 3.63) is 133 Å². The van der Waals surface area contributed by atoms with E-state index in [2.05, 4.69) is 56.2 Å². The number of pyridine rings is 1. The average molecular weight is 778 g/mol. The molecule has 1 amide bonds. The van der Waals surface area contributed by atoms with Crippen LogP contribution >= 0.6 is 11.3 Å². The number of hydrogen-bond acceptors (Lipinski definition) is 10. The summed E-state index contributed by atoms with van der Waals surface area (Å²) in [4.78, 5) is 45.4. The topological polar surface area (TPSA) is 156 Å². The number of unbranched alkanes of at least 4 members (excludes halogenated alkanes) is 1. The Balaban J connectivity index is 0.846. The van der Waals surface area contributed by atoms with Gasteiger partial charge < -0.3 is 30.6 Å². The predicted octanol–water partition coefficient (Wildman–Crippen LogP) is 5.52. The van der Waals surface area contributed by atoms with Crippen LogP contribution in [0.15, 0.2) is 95.8 Å². The number of phenolic OH excluding ortho intramolecular Hbond substituents is 1. The highest BCUT2D eigenvalue weighted by atomic mass is 32.1. The molecular weight excluding hydrogens is 727 g/mol. The van der Waals surface area contributed by atoms with Crippen molar-refractivity contribution in [2.75, 3.05) is 39.3 Å². The Bertz CT molecular complexity index is 2160. The zero-order chi connectivity index (χ0) is 38.9. The van der Waals surface area contributed by atoms with Crippen molar-refractivity contribution in [1.29, 1.82) is 0 Å². The van der Waals surface area contributed by atoms with E-state index >= 15 is 0 Å². The lowest BCUT2D eigenvalue weighted by Crippen LogP contribution is -2.48. The predicted molar refractivity (Wildman–Crippen MR) is 219 cm³/mol. The fraction of sp³-hybridized carbons (Fsp3) is 0.386. The summed E-state index contributed by atoms with van der Waals surface area (Å²) < 4.78 is 6.13. The van der Waals surface area contributed by atoms with Gasteiger partial charge in [0.05, 0.1) is 23.1 Å². The molecule has 0 spiro atoms. The smallest absolute Gasteiger partial charge is 0.331 e. The standard InChI is InChI=1S/C44H51N5O6S/c50-37-15-13-34(35-14-17-40(52)48-41(35)37)38(51)27-45-22-6-7-23-46-42(53)39-16-12-33(56-39)26-47-44(21-18-32-10-4-5-11-36(32)44)43(54)55-29-31-19-24-49(25-20-31)28-30-8-2-1-3-9-30/h1-5,8-17,31,38,45,47,50-51H,6-7,18-29H2,(H,46,53)(H,48,52). The number of amides is 1. The molecule has 12 heteroatoms. The van der Waals surface area contributed by atoms with E-state index in [1.807, 2.05) is 36.4 Å². The van der Waals surface area contributed by atoms with E-state index in [4.69, 9.17) is 4.74 Å². The monoisotopic (exact) mass is 777 g/mol. The van der Waals surface area contributed by atoms with Gasteiger partial charge in [-0.05, 0) is 111 Å². The summed E-state index contributed by atoms with van der Waals surface area (Å²) in [5.74, 6) is -0.0530. The van der Waals surface area contributed by atoms with Crippen LogP contribution in [0, 0.1) is 5.92 Å². The Kier molecular flexibility index (Phi) is 12.9. The number of H-pyrrole nitrogens is 1. The van der Waals surface area contributed by atoms with Crippen LogP contribution in [0.2, 0.25) is 0 Å². The molecule has 2 aliphatic rings. The first-order valence-electron chi connectivity index (χ1n) is 19.7. The molecule has 2 atom stereocenters. The number of carbonyl (C=O) groups excluding carboxylic acids is 2. The molecule has 0 radical (unpaired) electrons. The van der Waals surface area contributed by atoms with Crippen molar-refractivity contribution < 1.29 is 24.5 Å². The van der Waals surface area contributed by atoms with Crippen molar-refractivity contribution in [1.82, 2.24) is 25.8 Å². The summed E-state index contributed by atoms with van der Waals surface area (Å²) in [5.41, 5.74) is 3.13. The molecular formula is C44H51N5O6S. The second-order valence-electron chi connectivity index (χ2n) is 15.0. The molecule has 5 aromatic rings. The molecule has 1 fully saturated rings. The van der Waals surface area contributed by atoms with Gasteiger partial charge in [-0.25, -0.2) is 4.79 Å². The Morgan fingerprint density at radius 1 is 0.946 bits per heavy atom. The minimum Gasteiger partial charge on any atom is -0.506 e. The number of nitrogens with zero attached hydrogens (tertiary/aromatic N) is 1. The number of likely N-dealkylation sites (tertiary alicyclic amines) is 1. The van der Waals surface area contributed by atoms with Crippen LogP contribution in [0.3, 0.4) is 0 Å². The third kappa shape index (κ3) is 9.39. The number of aryl methyl sites for hydroxylation is 1. The maximum absolute atomic E-state index is 14.0. The second kappa shape index (κ2) is 18.4. The number of aromatic nitrogens is 1. The number of nitrogens with one attached hydrogen (secondary N) is 4. The number of aliphatic hydroxyl groups excluding tert-OH is 1. The Morgan fingerprint density at radius 3 is 2.57 bits per heavy atom. The zero-order valence-corrected chi connectivity index (χ0v) is 32.4. The number of hydrogen-bond donors (Lipinski definition) is 6. The summed E-state index contributed by atoms with van der Waals surface area (Å²) in [6.07, 6.45) is 4.16. The molecule has 0 bridgehead atoms. The number of thiophene rings is 1. The van der Waals surface area contributed by atoms with Crippen molar-refractivity contribution >= 4 is 34.1 Å². The maximum Gasteiger partial charge on any atom is 0.331 e. The Hall–Kier alpha value is -4.85. The van der Waals surface area contributed by atoms with E-state index in [1.165, 1.54) is 29.0 Å². The number of benzene rings is 3. The van der Waals surface area contributed by atoms with Crippen molar-refractivity contribution in [3.8, 4) is 5.75 Å². The number of aromatic amines is 1. The van der Waals surface area contributed by atoms with Crippen molar-refractivity contribution in [3.63, 3.8) is 0 Å². The van der Waals surface area contributed by atoms with Crippen LogP contribution in [0.1, 0.15) is 75.0 Å². The summed E-state index contributed by atoms with van der Waals surface area (Å²) in [5, 5.41) is 31.3. The van der Waals surface area contributed by atoms with Gasteiger partial charge in [-0.3, -0.25) is 19.8 Å². The summed E-state index contributed by atoms with van der Waals surface area (Å²) in [7, 11) is 0. The molecule has 1 aliphatic heterocycles. The average Bonchev–Trinajstić information content (AvgIpc) is 3.86. The summed E-state index contributed by atoms with van der Waals surface area (Å²) in [6, 6.07) is 28.5. The van der Waals surface area contributed by atoms with Gasteiger partial charge >= 0.3 is 5.97 Å². The molecule has 2 aromatic heterocycles. The lowest BCUT2D eigenvalue weighted by atomic mass is 9.91.